The lowest BCUT2D eigenvalue weighted by molar-refractivity contribution is -0.385. The van der Waals surface area contributed by atoms with Crippen LogP contribution in [-0.4, -0.2) is 15.8 Å². The summed E-state index contributed by atoms with van der Waals surface area (Å²) in [6, 6.07) is 16.3. The highest BCUT2D eigenvalue weighted by molar-refractivity contribution is 7.15. The van der Waals surface area contributed by atoms with Gasteiger partial charge in [-0.05, 0) is 36.8 Å². The fourth-order valence-electron chi connectivity index (χ4n) is 3.43. The minimum atomic E-state index is -0.549. The molecule has 1 heterocycles. The first-order valence-corrected chi connectivity index (χ1v) is 9.52. The molecular formula is C20H17N3O3S. The number of thiazole rings is 1. The van der Waals surface area contributed by atoms with E-state index in [1.807, 2.05) is 6.07 Å². The van der Waals surface area contributed by atoms with Crippen LogP contribution in [0.25, 0.3) is 0 Å². The summed E-state index contributed by atoms with van der Waals surface area (Å²) in [7, 11) is 0. The van der Waals surface area contributed by atoms with Crippen molar-refractivity contribution in [3.05, 3.63) is 86.4 Å². The van der Waals surface area contributed by atoms with Gasteiger partial charge in [-0.15, -0.1) is 11.3 Å². The number of fused-ring (bicyclic) bond motifs is 1. The first kappa shape index (κ1) is 17.4. The number of hydrogen-bond donors (Lipinski definition) is 1. The number of carbonyl (C=O) groups is 1. The number of para-hydroxylation sites is 1. The van der Waals surface area contributed by atoms with Crippen molar-refractivity contribution in [1.29, 1.82) is 0 Å². The van der Waals surface area contributed by atoms with Gasteiger partial charge in [-0.25, -0.2) is 4.98 Å². The van der Waals surface area contributed by atoms with Gasteiger partial charge in [-0.2, -0.15) is 0 Å². The molecule has 0 radical (unpaired) electrons. The maximum Gasteiger partial charge on any atom is 0.282 e. The van der Waals surface area contributed by atoms with Crippen molar-refractivity contribution in [2.45, 2.75) is 25.2 Å². The van der Waals surface area contributed by atoms with E-state index in [1.54, 1.807) is 12.1 Å². The first-order valence-electron chi connectivity index (χ1n) is 8.70. The van der Waals surface area contributed by atoms with E-state index in [-0.39, 0.29) is 11.3 Å². The van der Waals surface area contributed by atoms with Gasteiger partial charge in [0.2, 0.25) is 0 Å². The van der Waals surface area contributed by atoms with Crippen LogP contribution in [0.3, 0.4) is 0 Å². The lowest BCUT2D eigenvalue weighted by atomic mass is 9.85. The maximum atomic E-state index is 12.5. The van der Waals surface area contributed by atoms with E-state index in [1.165, 1.54) is 33.9 Å². The van der Waals surface area contributed by atoms with Crippen molar-refractivity contribution in [1.82, 2.24) is 4.98 Å². The number of nitrogens with one attached hydrogen (secondary N) is 1. The largest absolute Gasteiger partial charge is 0.298 e. The second-order valence-electron chi connectivity index (χ2n) is 6.47. The molecule has 2 aromatic carbocycles. The molecule has 1 amide bonds. The van der Waals surface area contributed by atoms with Crippen molar-refractivity contribution in [2.24, 2.45) is 0 Å². The summed E-state index contributed by atoms with van der Waals surface area (Å²) in [5.74, 6) is -0.0501. The second kappa shape index (κ2) is 7.28. The Morgan fingerprint density at radius 1 is 1.15 bits per heavy atom. The first-order chi connectivity index (χ1) is 13.1. The average molecular weight is 379 g/mol. The third-order valence-electron chi connectivity index (χ3n) is 4.78. The van der Waals surface area contributed by atoms with Gasteiger partial charge in [0.1, 0.15) is 5.56 Å². The molecule has 6 nitrogen and oxygen atoms in total. The van der Waals surface area contributed by atoms with Gasteiger partial charge >= 0.3 is 0 Å². The lowest BCUT2D eigenvalue weighted by Gasteiger charge is -2.21. The van der Waals surface area contributed by atoms with Crippen LogP contribution >= 0.6 is 11.3 Å². The molecule has 0 saturated heterocycles. The van der Waals surface area contributed by atoms with Crippen molar-refractivity contribution in [2.75, 3.05) is 5.32 Å². The normalized spacial score (nSPS) is 15.8. The highest BCUT2D eigenvalue weighted by Crippen LogP contribution is 2.37. The molecule has 1 unspecified atom stereocenters. The number of nitro groups is 1. The maximum absolute atomic E-state index is 12.5. The number of amides is 1. The molecule has 0 saturated carbocycles. The van der Waals surface area contributed by atoms with Gasteiger partial charge in [-0.3, -0.25) is 20.2 Å². The van der Waals surface area contributed by atoms with Gasteiger partial charge in [0.15, 0.2) is 5.13 Å². The van der Waals surface area contributed by atoms with E-state index < -0.39 is 10.8 Å². The molecule has 3 aromatic rings. The quantitative estimate of drug-likeness (QED) is 0.531. The number of nitro benzene ring substituents is 1. The minimum Gasteiger partial charge on any atom is -0.298 e. The van der Waals surface area contributed by atoms with E-state index in [2.05, 4.69) is 34.6 Å². The highest BCUT2D eigenvalue weighted by Gasteiger charge is 2.25. The van der Waals surface area contributed by atoms with Crippen molar-refractivity contribution < 1.29 is 9.72 Å². The smallest absolute Gasteiger partial charge is 0.282 e. The Morgan fingerprint density at radius 3 is 2.67 bits per heavy atom. The predicted molar refractivity (Wildman–Crippen MR) is 104 cm³/mol. The number of anilines is 1. The average Bonchev–Trinajstić information content (AvgIpc) is 3.10. The van der Waals surface area contributed by atoms with Crippen molar-refractivity contribution >= 4 is 28.1 Å². The summed E-state index contributed by atoms with van der Waals surface area (Å²) >= 11 is 1.46. The summed E-state index contributed by atoms with van der Waals surface area (Å²) in [4.78, 5) is 28.8. The number of benzene rings is 2. The molecule has 1 aliphatic rings. The predicted octanol–water partition coefficient (Wildman–Crippen LogP) is 4.58. The fourth-order valence-corrected chi connectivity index (χ4v) is 4.51. The Bertz CT molecular complexity index is 1000. The van der Waals surface area contributed by atoms with Crippen LogP contribution in [-0.2, 0) is 12.8 Å². The Balaban J connectivity index is 1.52. The van der Waals surface area contributed by atoms with Crippen LogP contribution in [0.15, 0.2) is 54.6 Å². The van der Waals surface area contributed by atoms with Crippen LogP contribution in [0.4, 0.5) is 10.8 Å². The van der Waals surface area contributed by atoms with E-state index in [4.69, 9.17) is 0 Å². The fraction of sp³-hybridized carbons (Fsp3) is 0.200. The highest BCUT2D eigenvalue weighted by atomic mass is 32.1. The molecule has 1 atom stereocenters. The van der Waals surface area contributed by atoms with Gasteiger partial charge < -0.3 is 0 Å². The molecule has 0 bridgehead atoms. The van der Waals surface area contributed by atoms with Crippen LogP contribution < -0.4 is 5.32 Å². The standard InChI is InChI=1S/C20H17N3O3S/c24-19(15-8-4-5-9-17(15)23(25)26)22-20-21-16-11-10-14(12-18(16)27-20)13-6-2-1-3-7-13/h1-9,14H,10-12H2,(H,21,22,24). The monoisotopic (exact) mass is 379 g/mol. The van der Waals surface area contributed by atoms with E-state index in [9.17, 15) is 14.9 Å². The molecule has 0 aliphatic heterocycles. The number of aromatic nitrogens is 1. The summed E-state index contributed by atoms with van der Waals surface area (Å²) < 4.78 is 0. The lowest BCUT2D eigenvalue weighted by Crippen LogP contribution is -2.14. The number of nitrogens with zero attached hydrogens (tertiary/aromatic N) is 2. The third kappa shape index (κ3) is 3.59. The molecule has 136 valence electrons. The van der Waals surface area contributed by atoms with Crippen molar-refractivity contribution in [3.8, 4) is 0 Å². The van der Waals surface area contributed by atoms with Crippen LogP contribution in [0.1, 0.15) is 38.8 Å². The molecule has 1 aliphatic carbocycles. The number of aryl methyl sites for hydroxylation is 1. The second-order valence-corrected chi connectivity index (χ2v) is 7.55. The molecule has 27 heavy (non-hydrogen) atoms. The van der Waals surface area contributed by atoms with E-state index >= 15 is 0 Å². The number of carbonyl (C=O) groups excluding carboxylic acids is 1. The third-order valence-corrected chi connectivity index (χ3v) is 5.81. The summed E-state index contributed by atoms with van der Waals surface area (Å²) in [6.07, 6.45) is 2.80. The molecule has 0 fully saturated rings. The Labute approximate surface area is 160 Å². The summed E-state index contributed by atoms with van der Waals surface area (Å²) in [6.45, 7) is 0. The topological polar surface area (TPSA) is 85.1 Å². The Morgan fingerprint density at radius 2 is 1.89 bits per heavy atom. The van der Waals surface area contributed by atoms with E-state index in [0.29, 0.717) is 11.0 Å². The zero-order chi connectivity index (χ0) is 18.8. The molecule has 0 spiro atoms. The Hall–Kier alpha value is -3.06. The minimum absolute atomic E-state index is 0.0397. The van der Waals surface area contributed by atoms with Crippen LogP contribution in [0.2, 0.25) is 0 Å². The van der Waals surface area contributed by atoms with E-state index in [0.717, 1.165) is 25.0 Å². The van der Waals surface area contributed by atoms with Crippen LogP contribution in [0.5, 0.6) is 0 Å². The van der Waals surface area contributed by atoms with Gasteiger partial charge in [0.05, 0.1) is 10.6 Å². The molecule has 1 aromatic heterocycles. The van der Waals surface area contributed by atoms with Crippen molar-refractivity contribution in [3.63, 3.8) is 0 Å². The van der Waals surface area contributed by atoms with Gasteiger partial charge in [0.25, 0.3) is 11.6 Å². The SMILES string of the molecule is O=C(Nc1nc2c(s1)CC(c1ccccc1)CC2)c1ccccc1[N+](=O)[O-]. The number of rotatable bonds is 4. The zero-order valence-electron chi connectivity index (χ0n) is 14.4. The number of hydrogen-bond acceptors (Lipinski definition) is 5. The Kier molecular flexibility index (Phi) is 4.68. The molecule has 1 N–H and O–H groups in total. The molecular weight excluding hydrogens is 362 g/mol. The summed E-state index contributed by atoms with van der Waals surface area (Å²) in [5, 5.41) is 14.3. The van der Waals surface area contributed by atoms with Gasteiger partial charge in [0, 0.05) is 10.9 Å². The molecule has 7 heteroatoms. The zero-order valence-corrected chi connectivity index (χ0v) is 15.2. The van der Waals surface area contributed by atoms with Gasteiger partial charge in [-0.1, -0.05) is 42.5 Å². The summed E-state index contributed by atoms with van der Waals surface area (Å²) in [5.41, 5.74) is 2.17. The van der Waals surface area contributed by atoms with Crippen LogP contribution in [0, 0.1) is 10.1 Å². The molecule has 4 rings (SSSR count).